The molecular formula is C37H41F3N4O3S. The fourth-order valence-electron chi connectivity index (χ4n) is 6.36. The maximum atomic E-state index is 13.6. The highest BCUT2D eigenvalue weighted by atomic mass is 32.2. The van der Waals surface area contributed by atoms with Crippen molar-refractivity contribution >= 4 is 45.6 Å². The zero-order valence-electron chi connectivity index (χ0n) is 27.5. The van der Waals surface area contributed by atoms with Crippen molar-refractivity contribution in [2.45, 2.75) is 35.4 Å². The van der Waals surface area contributed by atoms with Crippen molar-refractivity contribution in [3.63, 3.8) is 0 Å². The molecule has 2 aliphatic heterocycles. The first-order valence-electron chi connectivity index (χ1n) is 16.3. The van der Waals surface area contributed by atoms with Gasteiger partial charge in [0.1, 0.15) is 12.4 Å². The van der Waals surface area contributed by atoms with Crippen LogP contribution in [0.4, 0.5) is 30.2 Å². The van der Waals surface area contributed by atoms with Gasteiger partial charge in [0.05, 0.1) is 22.6 Å². The number of rotatable bonds is 11. The van der Waals surface area contributed by atoms with E-state index >= 15 is 0 Å². The zero-order valence-corrected chi connectivity index (χ0v) is 28.3. The van der Waals surface area contributed by atoms with E-state index in [1.54, 1.807) is 13.0 Å². The normalized spacial score (nSPS) is 15.9. The number of ether oxygens (including phenoxy) is 2. The quantitative estimate of drug-likeness (QED) is 0.151. The second-order valence-electron chi connectivity index (χ2n) is 12.4. The molecule has 0 aliphatic carbocycles. The minimum atomic E-state index is -4.39. The van der Waals surface area contributed by atoms with E-state index in [-0.39, 0.29) is 6.61 Å². The van der Waals surface area contributed by atoms with Crippen molar-refractivity contribution < 1.29 is 27.4 Å². The van der Waals surface area contributed by atoms with Gasteiger partial charge < -0.3 is 24.2 Å². The van der Waals surface area contributed by atoms with Gasteiger partial charge in [-0.05, 0) is 61.7 Å². The molecule has 1 atom stereocenters. The van der Waals surface area contributed by atoms with Crippen molar-refractivity contribution in [2.24, 2.45) is 0 Å². The molecule has 1 saturated heterocycles. The summed E-state index contributed by atoms with van der Waals surface area (Å²) in [6, 6.07) is 23.9. The predicted octanol–water partition coefficient (Wildman–Crippen LogP) is 7.55. The van der Waals surface area contributed by atoms with E-state index in [0.717, 1.165) is 71.1 Å². The minimum Gasteiger partial charge on any atom is -0.477 e. The van der Waals surface area contributed by atoms with Gasteiger partial charge in [0.15, 0.2) is 6.10 Å². The van der Waals surface area contributed by atoms with Gasteiger partial charge in [-0.25, -0.2) is 4.79 Å². The van der Waals surface area contributed by atoms with E-state index in [2.05, 4.69) is 15.9 Å². The molecule has 0 amide bonds. The minimum absolute atomic E-state index is 0.288. The molecule has 1 unspecified atom stereocenters. The number of nitrogens with zero attached hydrogens (tertiary/aromatic N) is 4. The molecule has 2 aliphatic rings. The lowest BCUT2D eigenvalue weighted by Crippen LogP contribution is -2.48. The van der Waals surface area contributed by atoms with Crippen molar-refractivity contribution in [1.29, 1.82) is 0 Å². The number of carbonyl (C=O) groups is 1. The molecule has 0 saturated carbocycles. The van der Waals surface area contributed by atoms with Gasteiger partial charge >= 0.3 is 12.1 Å². The third kappa shape index (κ3) is 7.69. The topological polar surface area (TPSA) is 48.5 Å². The number of carbonyl (C=O) groups excluding carboxylic acids is 1. The Hall–Kier alpha value is -3.93. The fourth-order valence-corrected chi connectivity index (χ4v) is 7.43. The number of halogens is 3. The maximum Gasteiger partial charge on any atom is 0.416 e. The third-order valence-electron chi connectivity index (χ3n) is 8.87. The van der Waals surface area contributed by atoms with Crippen molar-refractivity contribution in [3.05, 3.63) is 84.4 Å². The predicted molar refractivity (Wildman–Crippen MR) is 186 cm³/mol. The Morgan fingerprint density at radius 1 is 0.854 bits per heavy atom. The number of esters is 1. The Bertz CT molecular complexity index is 1740. The Morgan fingerprint density at radius 3 is 2.29 bits per heavy atom. The van der Waals surface area contributed by atoms with Gasteiger partial charge in [-0.3, -0.25) is 4.90 Å². The summed E-state index contributed by atoms with van der Waals surface area (Å²) >= 11 is 1.51. The number of hydrogen-bond acceptors (Lipinski definition) is 8. The molecule has 0 spiro atoms. The van der Waals surface area contributed by atoms with Crippen molar-refractivity contribution in [2.75, 3.05) is 76.3 Å². The monoisotopic (exact) mass is 678 g/mol. The lowest BCUT2D eigenvalue weighted by Gasteiger charge is -2.36. The summed E-state index contributed by atoms with van der Waals surface area (Å²) < 4.78 is 52.3. The van der Waals surface area contributed by atoms with Crippen LogP contribution >= 0.6 is 11.8 Å². The third-order valence-corrected chi connectivity index (χ3v) is 10.0. The first kappa shape index (κ1) is 34.0. The molecule has 0 aromatic heterocycles. The summed E-state index contributed by atoms with van der Waals surface area (Å²) in [6.07, 6.45) is -4.32. The largest absolute Gasteiger partial charge is 0.477 e. The van der Waals surface area contributed by atoms with Crippen LogP contribution in [0.3, 0.4) is 0 Å². The highest BCUT2D eigenvalue weighted by molar-refractivity contribution is 7.99. The van der Waals surface area contributed by atoms with Crippen LogP contribution in [-0.4, -0.2) is 88.4 Å². The summed E-state index contributed by atoms with van der Waals surface area (Å²) in [5, 5.41) is 2.16. The summed E-state index contributed by atoms with van der Waals surface area (Å²) in [6.45, 7) is 7.59. The standard InChI is InChI=1S/C37H41F3N4O3S/c1-26(47-32-15-13-27-9-4-5-10-29(27)35(32)41(2)3)36(45)46-24-23-43-21-19-42(20-22-43)17-8-18-44-30-11-6-7-12-33(30)48-34-16-14-28(25-31(34)44)37(38,39)40/h4-7,9-16,25-26H,8,17-24H2,1-3H3. The number of piperazine rings is 1. The van der Waals surface area contributed by atoms with Gasteiger partial charge in [-0.1, -0.05) is 54.2 Å². The van der Waals surface area contributed by atoms with Crippen LogP contribution in [0.15, 0.2) is 88.7 Å². The SMILES string of the molecule is CC(Oc1ccc2ccccc2c1N(C)C)C(=O)OCCN1CCN(CCCN2c3ccccc3Sc3ccc(C(F)(F)F)cc32)CC1. The summed E-state index contributed by atoms with van der Waals surface area (Å²) in [7, 11) is 3.92. The van der Waals surface area contributed by atoms with Gasteiger partial charge in [0.2, 0.25) is 0 Å². The second kappa shape index (κ2) is 14.7. The molecule has 7 nitrogen and oxygen atoms in total. The molecule has 1 fully saturated rings. The smallest absolute Gasteiger partial charge is 0.416 e. The van der Waals surface area contributed by atoms with Gasteiger partial charge in [-0.15, -0.1) is 0 Å². The molecule has 0 bridgehead atoms. The molecule has 254 valence electrons. The average Bonchev–Trinajstić information content (AvgIpc) is 3.07. The average molecular weight is 679 g/mol. The lowest BCUT2D eigenvalue weighted by molar-refractivity contribution is -0.151. The molecule has 48 heavy (non-hydrogen) atoms. The summed E-state index contributed by atoms with van der Waals surface area (Å²) in [5.41, 5.74) is 1.86. The fraction of sp³-hybridized carbons (Fsp3) is 0.378. The number of para-hydroxylation sites is 1. The van der Waals surface area contributed by atoms with Crippen LogP contribution in [-0.2, 0) is 15.7 Å². The van der Waals surface area contributed by atoms with Crippen molar-refractivity contribution in [3.8, 4) is 5.75 Å². The van der Waals surface area contributed by atoms with E-state index in [4.69, 9.17) is 9.47 Å². The van der Waals surface area contributed by atoms with Gasteiger partial charge in [-0.2, -0.15) is 13.2 Å². The molecule has 0 N–H and O–H groups in total. The molecule has 2 heterocycles. The molecule has 4 aromatic carbocycles. The van der Waals surface area contributed by atoms with E-state index in [1.165, 1.54) is 23.9 Å². The van der Waals surface area contributed by atoms with E-state index in [0.29, 0.717) is 24.5 Å². The number of alkyl halides is 3. The summed E-state index contributed by atoms with van der Waals surface area (Å²) in [4.78, 5) is 23.4. The van der Waals surface area contributed by atoms with E-state index in [9.17, 15) is 18.0 Å². The van der Waals surface area contributed by atoms with E-state index < -0.39 is 23.8 Å². The van der Waals surface area contributed by atoms with E-state index in [1.807, 2.05) is 78.5 Å². The highest BCUT2D eigenvalue weighted by Crippen LogP contribution is 2.49. The molecule has 11 heteroatoms. The van der Waals surface area contributed by atoms with Crippen molar-refractivity contribution in [1.82, 2.24) is 9.80 Å². The highest BCUT2D eigenvalue weighted by Gasteiger charge is 2.33. The number of anilines is 3. The maximum absolute atomic E-state index is 13.6. The molecule has 0 radical (unpaired) electrons. The first-order valence-corrected chi connectivity index (χ1v) is 17.1. The lowest BCUT2D eigenvalue weighted by atomic mass is 10.1. The molecule has 4 aromatic rings. The zero-order chi connectivity index (χ0) is 33.8. The van der Waals surface area contributed by atoms with Crippen LogP contribution < -0.4 is 14.5 Å². The van der Waals surface area contributed by atoms with Crippen LogP contribution in [0.1, 0.15) is 18.9 Å². The Balaban J connectivity index is 0.955. The summed E-state index contributed by atoms with van der Waals surface area (Å²) in [5.74, 6) is 0.242. The van der Waals surface area contributed by atoms with Crippen LogP contribution in [0, 0.1) is 0 Å². The number of benzene rings is 4. The number of fused-ring (bicyclic) bond motifs is 3. The number of hydrogen-bond donors (Lipinski definition) is 0. The Kier molecular flexibility index (Phi) is 10.4. The molecule has 6 rings (SSSR count). The Labute approximate surface area is 284 Å². The van der Waals surface area contributed by atoms with Crippen LogP contribution in [0.25, 0.3) is 10.8 Å². The molecular weight excluding hydrogens is 637 g/mol. The Morgan fingerprint density at radius 2 is 1.54 bits per heavy atom. The van der Waals surface area contributed by atoms with Crippen LogP contribution in [0.2, 0.25) is 0 Å². The van der Waals surface area contributed by atoms with Gasteiger partial charge in [0, 0.05) is 68.5 Å². The second-order valence-corrected chi connectivity index (χ2v) is 13.5. The first-order chi connectivity index (χ1) is 23.1. The van der Waals surface area contributed by atoms with Crippen LogP contribution in [0.5, 0.6) is 5.75 Å². The van der Waals surface area contributed by atoms with Gasteiger partial charge in [0.25, 0.3) is 0 Å².